The molecule has 0 fully saturated rings. The molecule has 1 aromatic rings. The Kier molecular flexibility index (Phi) is 3.75. The topological polar surface area (TPSA) is 103 Å². The first-order valence-electron chi connectivity index (χ1n) is 7.77. The minimum absolute atomic E-state index is 0.0293. The maximum atomic E-state index is 9.63. The van der Waals surface area contributed by atoms with Crippen LogP contribution in [0.15, 0.2) is 47.7 Å². The molecule has 6 N–H and O–H groups in total. The van der Waals surface area contributed by atoms with Crippen LogP contribution in [0.4, 0.5) is 11.5 Å². The van der Waals surface area contributed by atoms with Gasteiger partial charge in [-0.25, -0.2) is 4.98 Å². The molecule has 0 saturated heterocycles. The van der Waals surface area contributed by atoms with Crippen LogP contribution in [0, 0.1) is 26.7 Å². The molecule has 0 bridgehead atoms. The molecule has 2 heterocycles. The normalized spacial score (nSPS) is 22.0. The standard InChI is InChI=1S/C18H22N4O2/c1-8-9(2)18(21-11(4)17(8)19)20-10(3)13-5-12-6-15(23)16(24)7-14(12)22-13/h5-7,12,14,22-24H,3,19H2,1-2,4H3,(H,20,21). The van der Waals surface area contributed by atoms with E-state index in [1.165, 1.54) is 0 Å². The van der Waals surface area contributed by atoms with Gasteiger partial charge in [-0.3, -0.25) is 0 Å². The van der Waals surface area contributed by atoms with Gasteiger partial charge in [-0.2, -0.15) is 0 Å². The van der Waals surface area contributed by atoms with E-state index in [1.54, 1.807) is 12.2 Å². The van der Waals surface area contributed by atoms with Crippen molar-refractivity contribution in [3.8, 4) is 0 Å². The van der Waals surface area contributed by atoms with Gasteiger partial charge in [0.15, 0.2) is 11.5 Å². The number of pyridine rings is 1. The number of nitrogen functional groups attached to an aromatic ring is 1. The number of aryl methyl sites for hydroxylation is 1. The number of anilines is 2. The third kappa shape index (κ3) is 2.60. The van der Waals surface area contributed by atoms with E-state index in [0.29, 0.717) is 11.4 Å². The Morgan fingerprint density at radius 1 is 1.17 bits per heavy atom. The zero-order valence-corrected chi connectivity index (χ0v) is 14.0. The fourth-order valence-electron chi connectivity index (χ4n) is 2.93. The predicted octanol–water partition coefficient (Wildman–Crippen LogP) is 2.88. The second-order valence-electron chi connectivity index (χ2n) is 6.24. The molecule has 1 aliphatic heterocycles. The van der Waals surface area contributed by atoms with Crippen LogP contribution in [0.1, 0.15) is 16.8 Å². The van der Waals surface area contributed by atoms with Crippen molar-refractivity contribution in [1.29, 1.82) is 0 Å². The van der Waals surface area contributed by atoms with E-state index in [2.05, 4.69) is 22.2 Å². The van der Waals surface area contributed by atoms with Crippen LogP contribution in [0.3, 0.4) is 0 Å². The van der Waals surface area contributed by atoms with Gasteiger partial charge in [0, 0.05) is 5.92 Å². The van der Waals surface area contributed by atoms with E-state index in [1.807, 2.05) is 26.8 Å². The number of hydrogen-bond acceptors (Lipinski definition) is 6. The molecule has 0 spiro atoms. The first-order valence-corrected chi connectivity index (χ1v) is 7.77. The van der Waals surface area contributed by atoms with E-state index >= 15 is 0 Å². The molecule has 0 aromatic carbocycles. The van der Waals surface area contributed by atoms with Crippen LogP contribution < -0.4 is 16.4 Å². The summed E-state index contributed by atoms with van der Waals surface area (Å²) in [7, 11) is 0. The Morgan fingerprint density at radius 2 is 1.83 bits per heavy atom. The van der Waals surface area contributed by atoms with Gasteiger partial charge in [-0.05, 0) is 50.1 Å². The van der Waals surface area contributed by atoms with Crippen molar-refractivity contribution in [3.05, 3.63) is 64.5 Å². The molecule has 6 heteroatoms. The smallest absolute Gasteiger partial charge is 0.155 e. The SMILES string of the molecule is C=C(Nc1nc(C)c(N)c(C)c1C)C1=CC2C=C(O)C(O)=CC2N1. The van der Waals surface area contributed by atoms with Gasteiger partial charge in [-0.1, -0.05) is 6.58 Å². The summed E-state index contributed by atoms with van der Waals surface area (Å²) in [5.74, 6) is 0.479. The lowest BCUT2D eigenvalue weighted by atomic mass is 9.96. The lowest BCUT2D eigenvalue weighted by molar-refractivity contribution is 0.311. The summed E-state index contributed by atoms with van der Waals surface area (Å²) in [6.07, 6.45) is 5.18. The molecule has 2 atom stereocenters. The number of fused-ring (bicyclic) bond motifs is 1. The maximum absolute atomic E-state index is 9.63. The molecule has 2 aliphatic rings. The van der Waals surface area contributed by atoms with Gasteiger partial charge in [0.1, 0.15) is 5.82 Å². The summed E-state index contributed by atoms with van der Waals surface area (Å²) in [6, 6.07) is -0.0987. The highest BCUT2D eigenvalue weighted by atomic mass is 16.3. The van der Waals surface area contributed by atoms with Gasteiger partial charge in [-0.15, -0.1) is 0 Å². The summed E-state index contributed by atoms with van der Waals surface area (Å²) in [6.45, 7) is 9.88. The third-order valence-electron chi connectivity index (χ3n) is 4.63. The summed E-state index contributed by atoms with van der Waals surface area (Å²) in [5, 5.41) is 25.8. The lowest BCUT2D eigenvalue weighted by Crippen LogP contribution is -2.29. The number of nitrogens with zero attached hydrogens (tertiary/aromatic N) is 1. The second-order valence-corrected chi connectivity index (χ2v) is 6.24. The minimum atomic E-state index is -0.112. The van der Waals surface area contributed by atoms with Crippen LogP contribution in [0.5, 0.6) is 0 Å². The van der Waals surface area contributed by atoms with Crippen molar-refractivity contribution in [2.24, 2.45) is 5.92 Å². The predicted molar refractivity (Wildman–Crippen MR) is 95.5 cm³/mol. The van der Waals surface area contributed by atoms with Crippen molar-refractivity contribution >= 4 is 11.5 Å². The minimum Gasteiger partial charge on any atom is -0.504 e. The zero-order chi connectivity index (χ0) is 17.6. The highest BCUT2D eigenvalue weighted by Crippen LogP contribution is 2.31. The molecule has 126 valence electrons. The molecular weight excluding hydrogens is 304 g/mol. The molecule has 0 saturated carbocycles. The average Bonchev–Trinajstić information content (AvgIpc) is 2.93. The Balaban J connectivity index is 1.82. The summed E-state index contributed by atoms with van der Waals surface area (Å²) in [5.41, 5.74) is 11.0. The van der Waals surface area contributed by atoms with E-state index < -0.39 is 0 Å². The van der Waals surface area contributed by atoms with Crippen LogP contribution in [0.2, 0.25) is 0 Å². The molecule has 3 rings (SSSR count). The quantitative estimate of drug-likeness (QED) is 0.585. The van der Waals surface area contributed by atoms with Crippen molar-refractivity contribution in [2.75, 3.05) is 11.1 Å². The summed E-state index contributed by atoms with van der Waals surface area (Å²) in [4.78, 5) is 4.50. The number of aliphatic hydroxyl groups excluding tert-OH is 2. The summed E-state index contributed by atoms with van der Waals surface area (Å²) < 4.78 is 0. The van der Waals surface area contributed by atoms with Crippen molar-refractivity contribution in [1.82, 2.24) is 10.3 Å². The third-order valence-corrected chi connectivity index (χ3v) is 4.63. The molecule has 1 aromatic heterocycles. The molecule has 0 radical (unpaired) electrons. The highest BCUT2D eigenvalue weighted by molar-refractivity contribution is 5.63. The van der Waals surface area contributed by atoms with Gasteiger partial charge in [0.2, 0.25) is 0 Å². The Bertz CT molecular complexity index is 821. The van der Waals surface area contributed by atoms with Crippen molar-refractivity contribution < 1.29 is 10.2 Å². The van der Waals surface area contributed by atoms with Gasteiger partial charge >= 0.3 is 0 Å². The highest BCUT2D eigenvalue weighted by Gasteiger charge is 2.30. The zero-order valence-electron chi connectivity index (χ0n) is 14.0. The van der Waals surface area contributed by atoms with Crippen LogP contribution in [0.25, 0.3) is 0 Å². The molecule has 0 amide bonds. The Labute approximate surface area is 141 Å². The monoisotopic (exact) mass is 326 g/mol. The largest absolute Gasteiger partial charge is 0.504 e. The van der Waals surface area contributed by atoms with E-state index in [0.717, 1.165) is 28.3 Å². The lowest BCUT2D eigenvalue weighted by Gasteiger charge is -2.20. The first-order chi connectivity index (χ1) is 11.3. The summed E-state index contributed by atoms with van der Waals surface area (Å²) >= 11 is 0. The molecule has 2 unspecified atom stereocenters. The number of nitrogens with two attached hydrogens (primary N) is 1. The number of nitrogens with one attached hydrogen (secondary N) is 2. The molecular formula is C18H22N4O2. The van der Waals surface area contributed by atoms with Crippen LogP contribution in [-0.4, -0.2) is 21.2 Å². The maximum Gasteiger partial charge on any atom is 0.155 e. The van der Waals surface area contributed by atoms with Gasteiger partial charge in [0.25, 0.3) is 0 Å². The number of aliphatic hydroxyl groups is 2. The van der Waals surface area contributed by atoms with E-state index in [-0.39, 0.29) is 23.5 Å². The van der Waals surface area contributed by atoms with Gasteiger partial charge in [0.05, 0.1) is 28.8 Å². The Hall–Kier alpha value is -2.89. The Morgan fingerprint density at radius 3 is 2.54 bits per heavy atom. The van der Waals surface area contributed by atoms with Crippen LogP contribution >= 0.6 is 0 Å². The average molecular weight is 326 g/mol. The fourth-order valence-corrected chi connectivity index (χ4v) is 2.93. The number of rotatable bonds is 3. The number of hydrogen-bond donors (Lipinski definition) is 5. The first kappa shape index (κ1) is 16.0. The molecule has 1 aliphatic carbocycles. The van der Waals surface area contributed by atoms with E-state index in [4.69, 9.17) is 5.73 Å². The molecule has 6 nitrogen and oxygen atoms in total. The van der Waals surface area contributed by atoms with E-state index in [9.17, 15) is 10.2 Å². The fraction of sp³-hybridized carbons (Fsp3) is 0.278. The van der Waals surface area contributed by atoms with Crippen molar-refractivity contribution in [3.63, 3.8) is 0 Å². The van der Waals surface area contributed by atoms with Gasteiger partial charge < -0.3 is 26.6 Å². The molecule has 24 heavy (non-hydrogen) atoms. The number of aromatic nitrogens is 1. The van der Waals surface area contributed by atoms with Crippen LogP contribution in [-0.2, 0) is 0 Å². The second kappa shape index (κ2) is 5.63. The van der Waals surface area contributed by atoms with Crippen molar-refractivity contribution in [2.45, 2.75) is 26.8 Å².